The summed E-state index contributed by atoms with van der Waals surface area (Å²) in [4.78, 5) is 31.3. The van der Waals surface area contributed by atoms with Crippen molar-refractivity contribution >= 4 is 23.3 Å². The molecular formula is C23H31N3O4S. The van der Waals surface area contributed by atoms with E-state index >= 15 is 0 Å². The molecule has 2 aromatic rings. The van der Waals surface area contributed by atoms with E-state index in [1.807, 2.05) is 57.3 Å². The first-order valence-corrected chi connectivity index (χ1v) is 11.4. The number of rotatable bonds is 5. The van der Waals surface area contributed by atoms with Crippen LogP contribution < -0.4 is 10.1 Å². The van der Waals surface area contributed by atoms with E-state index in [0.717, 1.165) is 29.2 Å². The van der Waals surface area contributed by atoms with Crippen molar-refractivity contribution < 1.29 is 19.1 Å². The molecule has 0 aliphatic carbocycles. The highest BCUT2D eigenvalue weighted by Gasteiger charge is 2.29. The minimum Gasteiger partial charge on any atom is -0.497 e. The Balaban J connectivity index is 1.55. The fraction of sp³-hybridized carbons (Fsp3) is 0.522. The second-order valence-electron chi connectivity index (χ2n) is 8.78. The predicted octanol–water partition coefficient (Wildman–Crippen LogP) is 4.76. The molecule has 31 heavy (non-hydrogen) atoms. The Morgan fingerprint density at radius 3 is 2.61 bits per heavy atom. The first-order chi connectivity index (χ1) is 14.7. The van der Waals surface area contributed by atoms with E-state index in [0.29, 0.717) is 18.8 Å². The van der Waals surface area contributed by atoms with Gasteiger partial charge < -0.3 is 19.7 Å². The number of aromatic nitrogens is 1. The number of amides is 2. The summed E-state index contributed by atoms with van der Waals surface area (Å²) in [5, 5.41) is 5.76. The van der Waals surface area contributed by atoms with Crippen molar-refractivity contribution in [2.24, 2.45) is 0 Å². The molecule has 1 N–H and O–H groups in total. The smallest absolute Gasteiger partial charge is 0.410 e. The van der Waals surface area contributed by atoms with Gasteiger partial charge in [0.05, 0.1) is 18.2 Å². The van der Waals surface area contributed by atoms with Gasteiger partial charge in [0.2, 0.25) is 0 Å². The highest BCUT2D eigenvalue weighted by atomic mass is 32.1. The second-order valence-corrected chi connectivity index (χ2v) is 9.67. The molecule has 1 aliphatic heterocycles. The van der Waals surface area contributed by atoms with Crippen LogP contribution in [0.1, 0.15) is 73.6 Å². The maximum atomic E-state index is 12.7. The Morgan fingerprint density at radius 1 is 1.26 bits per heavy atom. The van der Waals surface area contributed by atoms with Crippen LogP contribution >= 0.6 is 11.3 Å². The molecular weight excluding hydrogens is 414 g/mol. The third kappa shape index (κ3) is 6.19. The molecule has 1 saturated heterocycles. The van der Waals surface area contributed by atoms with Gasteiger partial charge in [-0.1, -0.05) is 12.1 Å². The molecule has 1 aromatic carbocycles. The second kappa shape index (κ2) is 9.68. The number of ether oxygens (including phenoxy) is 2. The van der Waals surface area contributed by atoms with Gasteiger partial charge in [-0.3, -0.25) is 4.79 Å². The van der Waals surface area contributed by atoms with E-state index in [4.69, 9.17) is 9.47 Å². The Hall–Kier alpha value is -2.61. The summed E-state index contributed by atoms with van der Waals surface area (Å²) in [5.41, 5.74) is 0.912. The van der Waals surface area contributed by atoms with Crippen molar-refractivity contribution in [1.82, 2.24) is 15.2 Å². The van der Waals surface area contributed by atoms with Crippen molar-refractivity contribution in [2.75, 3.05) is 20.2 Å². The number of thiazole rings is 1. The van der Waals surface area contributed by atoms with Gasteiger partial charge in [0.25, 0.3) is 5.91 Å². The van der Waals surface area contributed by atoms with Gasteiger partial charge in [0.15, 0.2) is 0 Å². The molecule has 0 saturated carbocycles. The predicted molar refractivity (Wildman–Crippen MR) is 121 cm³/mol. The van der Waals surface area contributed by atoms with Gasteiger partial charge in [-0.25, -0.2) is 9.78 Å². The summed E-state index contributed by atoms with van der Waals surface area (Å²) >= 11 is 1.51. The zero-order valence-corrected chi connectivity index (χ0v) is 19.6. The van der Waals surface area contributed by atoms with Crippen molar-refractivity contribution in [1.29, 1.82) is 0 Å². The number of piperidine rings is 1. The average molecular weight is 446 g/mol. The van der Waals surface area contributed by atoms with E-state index in [-0.39, 0.29) is 24.0 Å². The van der Waals surface area contributed by atoms with Gasteiger partial charge in [-0.05, 0) is 58.2 Å². The Bertz CT molecular complexity index is 914. The number of benzene rings is 1. The monoisotopic (exact) mass is 445 g/mol. The maximum Gasteiger partial charge on any atom is 0.410 e. The van der Waals surface area contributed by atoms with E-state index in [2.05, 4.69) is 10.3 Å². The van der Waals surface area contributed by atoms with Crippen LogP contribution in [0.4, 0.5) is 4.79 Å². The first kappa shape index (κ1) is 23.1. The number of likely N-dealkylation sites (tertiary alicyclic amines) is 1. The summed E-state index contributed by atoms with van der Waals surface area (Å²) in [6.45, 7) is 8.81. The Morgan fingerprint density at radius 2 is 1.97 bits per heavy atom. The van der Waals surface area contributed by atoms with Crippen LogP contribution in [0.5, 0.6) is 5.75 Å². The van der Waals surface area contributed by atoms with E-state index < -0.39 is 5.60 Å². The van der Waals surface area contributed by atoms with Crippen molar-refractivity contribution in [2.45, 2.75) is 58.1 Å². The highest BCUT2D eigenvalue weighted by molar-refractivity contribution is 7.09. The number of nitrogens with zero attached hydrogens (tertiary/aromatic N) is 2. The van der Waals surface area contributed by atoms with Crippen molar-refractivity contribution in [3.8, 4) is 5.75 Å². The van der Waals surface area contributed by atoms with Crippen molar-refractivity contribution in [3.63, 3.8) is 0 Å². The lowest BCUT2D eigenvalue weighted by Crippen LogP contribution is -2.41. The summed E-state index contributed by atoms with van der Waals surface area (Å²) in [7, 11) is 1.62. The van der Waals surface area contributed by atoms with Crippen LogP contribution in [-0.2, 0) is 4.74 Å². The molecule has 3 rings (SSSR count). The zero-order valence-electron chi connectivity index (χ0n) is 18.8. The lowest BCUT2D eigenvalue weighted by molar-refractivity contribution is 0.0204. The van der Waals surface area contributed by atoms with E-state index in [1.165, 1.54) is 11.3 Å². The number of carbonyl (C=O) groups is 2. The van der Waals surface area contributed by atoms with Crippen LogP contribution in [0.15, 0.2) is 29.6 Å². The molecule has 2 amide bonds. The fourth-order valence-corrected chi connectivity index (χ4v) is 4.45. The SMILES string of the molecule is COc1cccc(C(C)NC(=O)c2csc(C3CCN(C(=O)OC(C)(C)C)CC3)n2)c1. The molecule has 7 nitrogen and oxygen atoms in total. The van der Waals surface area contributed by atoms with Crippen LogP contribution in [0.25, 0.3) is 0 Å². The molecule has 1 fully saturated rings. The largest absolute Gasteiger partial charge is 0.497 e. The minimum atomic E-state index is -0.493. The highest BCUT2D eigenvalue weighted by Crippen LogP contribution is 2.31. The molecule has 168 valence electrons. The number of methoxy groups -OCH3 is 1. The third-order valence-corrected chi connectivity index (χ3v) is 6.20. The standard InChI is InChI=1S/C23H31N3O4S/c1-15(17-7-6-8-18(13-17)29-5)24-20(27)19-14-31-21(25-19)16-9-11-26(12-10-16)22(28)30-23(2,3)4/h6-8,13-16H,9-12H2,1-5H3,(H,24,27). The maximum absolute atomic E-state index is 12.7. The van der Waals surface area contributed by atoms with E-state index in [1.54, 1.807) is 12.0 Å². The molecule has 0 spiro atoms. The zero-order chi connectivity index (χ0) is 22.6. The quantitative estimate of drug-likeness (QED) is 0.718. The Kier molecular flexibility index (Phi) is 7.20. The average Bonchev–Trinajstić information content (AvgIpc) is 3.23. The lowest BCUT2D eigenvalue weighted by Gasteiger charge is -2.32. The molecule has 1 unspecified atom stereocenters. The topological polar surface area (TPSA) is 80.8 Å². The number of hydrogen-bond donors (Lipinski definition) is 1. The normalized spacial score (nSPS) is 16.0. The fourth-order valence-electron chi connectivity index (χ4n) is 3.48. The van der Waals surface area contributed by atoms with Gasteiger partial charge in [0.1, 0.15) is 17.0 Å². The molecule has 0 bridgehead atoms. The number of nitrogens with one attached hydrogen (secondary N) is 1. The van der Waals surface area contributed by atoms with Crippen LogP contribution in [-0.4, -0.2) is 47.7 Å². The molecule has 0 radical (unpaired) electrons. The van der Waals surface area contributed by atoms with Crippen LogP contribution in [0.3, 0.4) is 0 Å². The molecule has 1 atom stereocenters. The van der Waals surface area contributed by atoms with Crippen LogP contribution in [0, 0.1) is 0 Å². The summed E-state index contributed by atoms with van der Waals surface area (Å²) in [5.74, 6) is 0.817. The van der Waals surface area contributed by atoms with Gasteiger partial charge in [-0.15, -0.1) is 11.3 Å². The van der Waals surface area contributed by atoms with Crippen molar-refractivity contribution in [3.05, 3.63) is 45.9 Å². The molecule has 2 heterocycles. The summed E-state index contributed by atoms with van der Waals surface area (Å²) < 4.78 is 10.7. The van der Waals surface area contributed by atoms with E-state index in [9.17, 15) is 9.59 Å². The molecule has 1 aromatic heterocycles. The van der Waals surface area contributed by atoms with Gasteiger partial charge >= 0.3 is 6.09 Å². The molecule has 1 aliphatic rings. The number of carbonyl (C=O) groups excluding carboxylic acids is 2. The summed E-state index contributed by atoms with van der Waals surface area (Å²) in [6.07, 6.45) is 1.36. The summed E-state index contributed by atoms with van der Waals surface area (Å²) in [6, 6.07) is 7.49. The van der Waals surface area contributed by atoms with Gasteiger partial charge in [-0.2, -0.15) is 0 Å². The number of hydrogen-bond acceptors (Lipinski definition) is 6. The van der Waals surface area contributed by atoms with Crippen LogP contribution in [0.2, 0.25) is 0 Å². The minimum absolute atomic E-state index is 0.162. The molecule has 8 heteroatoms. The third-order valence-electron chi connectivity index (χ3n) is 5.19. The lowest BCUT2D eigenvalue weighted by atomic mass is 9.98. The van der Waals surface area contributed by atoms with Gasteiger partial charge in [0, 0.05) is 24.4 Å². The Labute approximate surface area is 187 Å². The first-order valence-electron chi connectivity index (χ1n) is 10.5.